The van der Waals surface area contributed by atoms with Crippen molar-refractivity contribution in [2.24, 2.45) is 0 Å². The third-order valence-corrected chi connectivity index (χ3v) is 5.59. The van der Waals surface area contributed by atoms with Crippen LogP contribution in [0.4, 0.5) is 15.8 Å². The topological polar surface area (TPSA) is 82.8 Å². The van der Waals surface area contributed by atoms with Gasteiger partial charge in [-0.05, 0) is 72.3 Å². The van der Waals surface area contributed by atoms with Gasteiger partial charge in [-0.15, -0.1) is 0 Å². The number of hydrogen-bond acceptors (Lipinski definition) is 5. The number of aliphatic hydroxyl groups excluding tert-OH is 1. The lowest BCUT2D eigenvalue weighted by atomic mass is 10.1. The lowest BCUT2D eigenvalue weighted by molar-refractivity contribution is 0.0996. The molecule has 4 aromatic rings. The van der Waals surface area contributed by atoms with Crippen molar-refractivity contribution in [3.8, 4) is 11.3 Å². The molecule has 0 saturated carbocycles. The van der Waals surface area contributed by atoms with Crippen LogP contribution in [0.3, 0.4) is 0 Å². The van der Waals surface area contributed by atoms with Crippen molar-refractivity contribution >= 4 is 29.1 Å². The highest BCUT2D eigenvalue weighted by atomic mass is 19.1. The van der Waals surface area contributed by atoms with Gasteiger partial charge in [0.15, 0.2) is 11.5 Å². The van der Waals surface area contributed by atoms with E-state index < -0.39 is 11.7 Å². The molecule has 2 N–H and O–H groups in total. The Kier molecular flexibility index (Phi) is 7.72. The van der Waals surface area contributed by atoms with E-state index in [4.69, 9.17) is 9.52 Å². The van der Waals surface area contributed by atoms with E-state index in [1.54, 1.807) is 54.6 Å². The fourth-order valence-corrected chi connectivity index (χ4v) is 3.56. The second-order valence-corrected chi connectivity index (χ2v) is 8.11. The van der Waals surface area contributed by atoms with Crippen LogP contribution in [-0.2, 0) is 0 Å². The highest BCUT2D eigenvalue weighted by Crippen LogP contribution is 2.25. The van der Waals surface area contributed by atoms with Crippen LogP contribution in [0.5, 0.6) is 0 Å². The van der Waals surface area contributed by atoms with Crippen LogP contribution in [0.2, 0.25) is 0 Å². The first-order valence-electron chi connectivity index (χ1n) is 11.4. The molecule has 36 heavy (non-hydrogen) atoms. The number of aliphatic hydroxyl groups is 1. The van der Waals surface area contributed by atoms with Gasteiger partial charge in [0.05, 0.1) is 12.2 Å². The van der Waals surface area contributed by atoms with Crippen LogP contribution in [0.25, 0.3) is 17.4 Å². The summed E-state index contributed by atoms with van der Waals surface area (Å²) in [6.45, 7) is 0.620. The second-order valence-electron chi connectivity index (χ2n) is 8.11. The summed E-state index contributed by atoms with van der Waals surface area (Å²) in [5.41, 5.74) is 3.09. The third kappa shape index (κ3) is 5.95. The van der Waals surface area contributed by atoms with Crippen LogP contribution >= 0.6 is 0 Å². The number of carbonyl (C=O) groups is 2. The minimum atomic E-state index is -0.482. The molecule has 7 heteroatoms. The summed E-state index contributed by atoms with van der Waals surface area (Å²) < 4.78 is 19.5. The van der Waals surface area contributed by atoms with Crippen LogP contribution < -0.4 is 10.2 Å². The summed E-state index contributed by atoms with van der Waals surface area (Å²) in [7, 11) is 1.90. The maximum absolute atomic E-state index is 14.0. The number of nitrogens with zero attached hydrogens (tertiary/aromatic N) is 1. The number of ketones is 1. The molecule has 0 fully saturated rings. The van der Waals surface area contributed by atoms with E-state index in [0.29, 0.717) is 17.8 Å². The highest BCUT2D eigenvalue weighted by molar-refractivity contribution is 6.07. The Labute approximate surface area is 208 Å². The molecule has 0 spiro atoms. The number of anilines is 2. The Morgan fingerprint density at radius 2 is 1.69 bits per heavy atom. The maximum Gasteiger partial charge on any atom is 0.291 e. The number of nitrogens with one attached hydrogen (secondary N) is 1. The molecule has 1 aromatic heterocycles. The molecule has 0 aliphatic rings. The summed E-state index contributed by atoms with van der Waals surface area (Å²) in [4.78, 5) is 27.0. The molecule has 0 aliphatic carbocycles. The first-order chi connectivity index (χ1) is 17.4. The predicted octanol–water partition coefficient (Wildman–Crippen LogP) is 5.66. The van der Waals surface area contributed by atoms with E-state index in [1.807, 2.05) is 36.2 Å². The summed E-state index contributed by atoms with van der Waals surface area (Å²) in [5, 5.41) is 11.7. The molecule has 0 aliphatic heterocycles. The summed E-state index contributed by atoms with van der Waals surface area (Å²) >= 11 is 0. The van der Waals surface area contributed by atoms with E-state index in [-0.39, 0.29) is 29.5 Å². The standard InChI is InChI=1S/C29H25FN2O4/c1-32(18-19-33)23-13-6-20(7-14-23)8-15-26(34)21-9-11-22(12-10-21)31-29(35)28-17-16-27(36-28)24-4-2-3-5-25(24)30/h2-17,33H,18-19H2,1H3,(H,31,35)/b15-8+. The molecule has 0 radical (unpaired) electrons. The average Bonchev–Trinajstić information content (AvgIpc) is 3.39. The molecule has 1 heterocycles. The van der Waals surface area contributed by atoms with Crippen LogP contribution in [-0.4, -0.2) is 37.0 Å². The minimum absolute atomic E-state index is 0.0462. The van der Waals surface area contributed by atoms with Crippen molar-refractivity contribution in [3.63, 3.8) is 0 Å². The van der Waals surface area contributed by atoms with Gasteiger partial charge in [-0.25, -0.2) is 4.39 Å². The van der Waals surface area contributed by atoms with Crippen molar-refractivity contribution in [2.45, 2.75) is 0 Å². The van der Waals surface area contributed by atoms with E-state index in [9.17, 15) is 14.0 Å². The first-order valence-corrected chi connectivity index (χ1v) is 11.4. The predicted molar refractivity (Wildman–Crippen MR) is 139 cm³/mol. The maximum atomic E-state index is 14.0. The summed E-state index contributed by atoms with van der Waals surface area (Å²) in [6, 6.07) is 23.4. The lowest BCUT2D eigenvalue weighted by Crippen LogP contribution is -2.20. The molecule has 0 saturated heterocycles. The second kappa shape index (κ2) is 11.3. The van der Waals surface area contributed by atoms with Gasteiger partial charge in [-0.1, -0.05) is 30.3 Å². The van der Waals surface area contributed by atoms with Gasteiger partial charge in [-0.2, -0.15) is 0 Å². The molecule has 0 atom stereocenters. The molecule has 1 amide bonds. The van der Waals surface area contributed by atoms with Gasteiger partial charge >= 0.3 is 0 Å². The van der Waals surface area contributed by atoms with Gasteiger partial charge in [0.2, 0.25) is 0 Å². The van der Waals surface area contributed by atoms with Gasteiger partial charge in [0, 0.05) is 30.5 Å². The normalized spacial score (nSPS) is 11.0. The zero-order valence-corrected chi connectivity index (χ0v) is 19.6. The van der Waals surface area contributed by atoms with Crippen molar-refractivity contribution in [3.05, 3.63) is 114 Å². The van der Waals surface area contributed by atoms with Crippen molar-refractivity contribution in [2.75, 3.05) is 30.4 Å². The van der Waals surface area contributed by atoms with Gasteiger partial charge < -0.3 is 19.7 Å². The van der Waals surface area contributed by atoms with E-state index in [2.05, 4.69) is 5.32 Å². The third-order valence-electron chi connectivity index (χ3n) is 5.59. The molecule has 4 rings (SSSR count). The first kappa shape index (κ1) is 24.6. The number of rotatable bonds is 9. The molecular formula is C29H25FN2O4. The zero-order valence-electron chi connectivity index (χ0n) is 19.6. The van der Waals surface area contributed by atoms with Crippen LogP contribution in [0.1, 0.15) is 26.5 Å². The Bertz CT molecular complexity index is 1380. The number of furan rings is 1. The van der Waals surface area contributed by atoms with Crippen LogP contribution in [0.15, 0.2) is 95.4 Å². The molecule has 182 valence electrons. The zero-order chi connectivity index (χ0) is 25.5. The molecule has 0 bridgehead atoms. The Balaban J connectivity index is 1.36. The largest absolute Gasteiger partial charge is 0.451 e. The number of amides is 1. The molecule has 3 aromatic carbocycles. The fraction of sp³-hybridized carbons (Fsp3) is 0.103. The monoisotopic (exact) mass is 484 g/mol. The number of benzene rings is 3. The highest BCUT2D eigenvalue weighted by Gasteiger charge is 2.15. The van der Waals surface area contributed by atoms with Gasteiger partial charge in [0.25, 0.3) is 5.91 Å². The summed E-state index contributed by atoms with van der Waals surface area (Å²) in [6.07, 6.45) is 3.23. The lowest BCUT2D eigenvalue weighted by Gasteiger charge is -2.17. The van der Waals surface area contributed by atoms with E-state index in [0.717, 1.165) is 11.3 Å². The Morgan fingerprint density at radius 1 is 0.972 bits per heavy atom. The van der Waals surface area contributed by atoms with Crippen molar-refractivity contribution < 1.29 is 23.5 Å². The number of halogens is 1. The van der Waals surface area contributed by atoms with Gasteiger partial charge in [-0.3, -0.25) is 9.59 Å². The quantitative estimate of drug-likeness (QED) is 0.237. The van der Waals surface area contributed by atoms with Crippen molar-refractivity contribution in [1.82, 2.24) is 0 Å². The van der Waals surface area contributed by atoms with Crippen molar-refractivity contribution in [1.29, 1.82) is 0 Å². The van der Waals surface area contributed by atoms with E-state index >= 15 is 0 Å². The number of allylic oxidation sites excluding steroid dienone is 1. The number of likely N-dealkylation sites (N-methyl/N-ethyl adjacent to an activating group) is 1. The number of carbonyl (C=O) groups excluding carboxylic acids is 2. The SMILES string of the molecule is CN(CCO)c1ccc(/C=C/C(=O)c2ccc(NC(=O)c3ccc(-c4ccccc4F)o3)cc2)cc1. The smallest absolute Gasteiger partial charge is 0.291 e. The average molecular weight is 485 g/mol. The molecule has 0 unspecified atom stereocenters. The Hall–Kier alpha value is -4.49. The number of hydrogen-bond donors (Lipinski definition) is 2. The fourth-order valence-electron chi connectivity index (χ4n) is 3.56. The van der Waals surface area contributed by atoms with Gasteiger partial charge in [0.1, 0.15) is 11.6 Å². The van der Waals surface area contributed by atoms with E-state index in [1.165, 1.54) is 18.2 Å². The Morgan fingerprint density at radius 3 is 2.39 bits per heavy atom. The molecular weight excluding hydrogens is 459 g/mol. The van der Waals surface area contributed by atoms with Crippen LogP contribution in [0, 0.1) is 5.82 Å². The minimum Gasteiger partial charge on any atom is -0.451 e. The molecule has 6 nitrogen and oxygen atoms in total. The summed E-state index contributed by atoms with van der Waals surface area (Å²) in [5.74, 6) is -0.780.